The monoisotopic (exact) mass is 244 g/mol. The van der Waals surface area contributed by atoms with Gasteiger partial charge in [-0.1, -0.05) is 13.8 Å². The summed E-state index contributed by atoms with van der Waals surface area (Å²) in [4.78, 5) is 24.3. The Morgan fingerprint density at radius 1 is 1.29 bits per heavy atom. The molecule has 0 saturated carbocycles. The van der Waals surface area contributed by atoms with Gasteiger partial charge < -0.3 is 15.0 Å². The molecule has 0 spiro atoms. The van der Waals surface area contributed by atoms with Crippen molar-refractivity contribution in [3.05, 3.63) is 0 Å². The van der Waals surface area contributed by atoms with Crippen LogP contribution < -0.4 is 5.32 Å². The van der Waals surface area contributed by atoms with Gasteiger partial charge in [-0.25, -0.2) is 4.79 Å². The van der Waals surface area contributed by atoms with E-state index in [0.717, 1.165) is 6.42 Å². The first kappa shape index (κ1) is 15.7. The molecule has 0 rings (SSSR count). The first-order valence-electron chi connectivity index (χ1n) is 5.96. The van der Waals surface area contributed by atoms with E-state index in [1.54, 1.807) is 11.9 Å². The standard InChI is InChI=1S/C12H24N2O3/c1-9(2)8-10(3)14(4)11(15)6-7-13-12(16)17-5/h9-10H,6-8H2,1-5H3,(H,13,16). The lowest BCUT2D eigenvalue weighted by Gasteiger charge is -2.26. The molecule has 100 valence electrons. The zero-order valence-electron chi connectivity index (χ0n) is 11.4. The third kappa shape index (κ3) is 6.81. The van der Waals surface area contributed by atoms with Gasteiger partial charge in [0.2, 0.25) is 5.91 Å². The van der Waals surface area contributed by atoms with Gasteiger partial charge in [-0.15, -0.1) is 0 Å². The third-order valence-electron chi connectivity index (χ3n) is 2.66. The predicted molar refractivity (Wildman–Crippen MR) is 66.7 cm³/mol. The van der Waals surface area contributed by atoms with E-state index in [-0.39, 0.29) is 11.9 Å². The SMILES string of the molecule is COC(=O)NCCC(=O)N(C)C(C)CC(C)C. The normalized spacial score (nSPS) is 12.1. The summed E-state index contributed by atoms with van der Waals surface area (Å²) in [5.41, 5.74) is 0. The smallest absolute Gasteiger partial charge is 0.406 e. The van der Waals surface area contributed by atoms with Crippen LogP contribution in [0, 0.1) is 5.92 Å². The second-order valence-electron chi connectivity index (χ2n) is 4.65. The van der Waals surface area contributed by atoms with E-state index < -0.39 is 6.09 Å². The number of rotatable bonds is 6. The van der Waals surface area contributed by atoms with Crippen LogP contribution in [0.4, 0.5) is 4.79 Å². The molecule has 0 heterocycles. The third-order valence-corrected chi connectivity index (χ3v) is 2.66. The number of methoxy groups -OCH3 is 1. The number of nitrogens with zero attached hydrogens (tertiary/aromatic N) is 1. The fourth-order valence-corrected chi connectivity index (χ4v) is 1.61. The molecule has 0 aliphatic carbocycles. The van der Waals surface area contributed by atoms with E-state index >= 15 is 0 Å². The number of alkyl carbamates (subject to hydrolysis) is 1. The Hall–Kier alpha value is -1.26. The minimum Gasteiger partial charge on any atom is -0.453 e. The molecule has 5 heteroatoms. The predicted octanol–water partition coefficient (Wildman–Crippen LogP) is 1.63. The lowest BCUT2D eigenvalue weighted by molar-refractivity contribution is -0.131. The minimum atomic E-state index is -0.504. The largest absolute Gasteiger partial charge is 0.453 e. The molecule has 5 nitrogen and oxygen atoms in total. The van der Waals surface area contributed by atoms with Gasteiger partial charge in [0.1, 0.15) is 0 Å². The average molecular weight is 244 g/mol. The van der Waals surface area contributed by atoms with Crippen molar-refractivity contribution in [2.45, 2.75) is 39.7 Å². The van der Waals surface area contributed by atoms with Gasteiger partial charge in [-0.2, -0.15) is 0 Å². The molecule has 0 fully saturated rings. The Labute approximate surface area is 103 Å². The van der Waals surface area contributed by atoms with Crippen LogP contribution in [0.15, 0.2) is 0 Å². The maximum absolute atomic E-state index is 11.8. The van der Waals surface area contributed by atoms with E-state index in [1.165, 1.54) is 7.11 Å². The molecule has 0 bridgehead atoms. The quantitative estimate of drug-likeness (QED) is 0.772. The summed E-state index contributed by atoms with van der Waals surface area (Å²) in [6, 6.07) is 0.223. The average Bonchev–Trinajstić information content (AvgIpc) is 2.26. The number of carbonyl (C=O) groups excluding carboxylic acids is 2. The highest BCUT2D eigenvalue weighted by atomic mass is 16.5. The molecule has 0 aromatic carbocycles. The minimum absolute atomic E-state index is 0.0366. The van der Waals surface area contributed by atoms with Crippen molar-refractivity contribution >= 4 is 12.0 Å². The molecule has 1 N–H and O–H groups in total. The van der Waals surface area contributed by atoms with Crippen LogP contribution in [-0.2, 0) is 9.53 Å². The molecular weight excluding hydrogens is 220 g/mol. The summed E-state index contributed by atoms with van der Waals surface area (Å²) in [6.45, 7) is 6.61. The highest BCUT2D eigenvalue weighted by Gasteiger charge is 2.16. The Balaban J connectivity index is 3.92. The summed E-state index contributed by atoms with van der Waals surface area (Å²) >= 11 is 0. The second kappa shape index (κ2) is 7.92. The molecule has 1 atom stereocenters. The van der Waals surface area contributed by atoms with E-state index in [9.17, 15) is 9.59 Å². The molecule has 0 aliphatic rings. The molecule has 0 aromatic rings. The maximum atomic E-state index is 11.8. The van der Waals surface area contributed by atoms with Gasteiger partial charge in [-0.05, 0) is 19.3 Å². The van der Waals surface area contributed by atoms with E-state index in [0.29, 0.717) is 18.9 Å². The van der Waals surface area contributed by atoms with Crippen LogP contribution in [0.25, 0.3) is 0 Å². The highest BCUT2D eigenvalue weighted by Crippen LogP contribution is 2.10. The molecule has 0 saturated heterocycles. The van der Waals surface area contributed by atoms with E-state index in [2.05, 4.69) is 23.9 Å². The Bertz CT molecular complexity index is 254. The van der Waals surface area contributed by atoms with Crippen LogP contribution >= 0.6 is 0 Å². The van der Waals surface area contributed by atoms with Gasteiger partial charge in [0.25, 0.3) is 0 Å². The number of hydrogen-bond acceptors (Lipinski definition) is 3. The molecule has 17 heavy (non-hydrogen) atoms. The number of carbonyl (C=O) groups is 2. The van der Waals surface area contributed by atoms with Gasteiger partial charge >= 0.3 is 6.09 Å². The van der Waals surface area contributed by atoms with Crippen molar-refractivity contribution in [3.63, 3.8) is 0 Å². The maximum Gasteiger partial charge on any atom is 0.406 e. The summed E-state index contributed by atoms with van der Waals surface area (Å²) in [5.74, 6) is 0.600. The Morgan fingerprint density at radius 2 is 1.88 bits per heavy atom. The zero-order chi connectivity index (χ0) is 13.4. The van der Waals surface area contributed by atoms with Crippen LogP contribution in [0.2, 0.25) is 0 Å². The first-order valence-corrected chi connectivity index (χ1v) is 5.96. The van der Waals surface area contributed by atoms with E-state index in [4.69, 9.17) is 0 Å². The van der Waals surface area contributed by atoms with Crippen molar-refractivity contribution in [1.29, 1.82) is 0 Å². The van der Waals surface area contributed by atoms with Crippen LogP contribution in [0.1, 0.15) is 33.6 Å². The Kier molecular flexibility index (Phi) is 7.34. The van der Waals surface area contributed by atoms with Gasteiger partial charge in [-0.3, -0.25) is 4.79 Å². The van der Waals surface area contributed by atoms with Crippen LogP contribution in [0.3, 0.4) is 0 Å². The molecule has 0 radical (unpaired) electrons. The number of hydrogen-bond donors (Lipinski definition) is 1. The lowest BCUT2D eigenvalue weighted by atomic mass is 10.0. The highest BCUT2D eigenvalue weighted by molar-refractivity contribution is 5.77. The molecule has 0 aliphatic heterocycles. The molecule has 2 amide bonds. The van der Waals surface area contributed by atoms with Gasteiger partial charge in [0, 0.05) is 26.1 Å². The lowest BCUT2D eigenvalue weighted by Crippen LogP contribution is -2.38. The fraction of sp³-hybridized carbons (Fsp3) is 0.833. The molecule has 1 unspecified atom stereocenters. The second-order valence-corrected chi connectivity index (χ2v) is 4.65. The van der Waals surface area contributed by atoms with Crippen molar-refractivity contribution in [1.82, 2.24) is 10.2 Å². The molecule has 0 aromatic heterocycles. The Morgan fingerprint density at radius 3 is 2.35 bits per heavy atom. The van der Waals surface area contributed by atoms with Gasteiger partial charge in [0.05, 0.1) is 7.11 Å². The van der Waals surface area contributed by atoms with Crippen molar-refractivity contribution < 1.29 is 14.3 Å². The van der Waals surface area contributed by atoms with Crippen molar-refractivity contribution in [3.8, 4) is 0 Å². The molecular formula is C12H24N2O3. The van der Waals surface area contributed by atoms with Crippen LogP contribution in [-0.4, -0.2) is 43.6 Å². The fourth-order valence-electron chi connectivity index (χ4n) is 1.61. The van der Waals surface area contributed by atoms with Crippen LogP contribution in [0.5, 0.6) is 0 Å². The number of nitrogens with one attached hydrogen (secondary N) is 1. The van der Waals surface area contributed by atoms with Crippen molar-refractivity contribution in [2.24, 2.45) is 5.92 Å². The number of amides is 2. The summed E-state index contributed by atoms with van der Waals surface area (Å²) in [6.07, 6.45) is 0.774. The first-order chi connectivity index (χ1) is 7.88. The topological polar surface area (TPSA) is 58.6 Å². The van der Waals surface area contributed by atoms with Crippen molar-refractivity contribution in [2.75, 3.05) is 20.7 Å². The summed E-state index contributed by atoms with van der Waals surface area (Å²) in [5, 5.41) is 2.49. The summed E-state index contributed by atoms with van der Waals surface area (Å²) < 4.78 is 4.42. The number of ether oxygens (including phenoxy) is 1. The summed E-state index contributed by atoms with van der Waals surface area (Å²) in [7, 11) is 3.10. The van der Waals surface area contributed by atoms with E-state index in [1.807, 2.05) is 6.92 Å². The zero-order valence-corrected chi connectivity index (χ0v) is 11.4. The van der Waals surface area contributed by atoms with Gasteiger partial charge in [0.15, 0.2) is 0 Å².